The van der Waals surface area contributed by atoms with Gasteiger partial charge in [-0.1, -0.05) is 60.7 Å². The number of carbonyl (C=O) groups is 1. The molecule has 2 aromatic carbocycles. The van der Waals surface area contributed by atoms with Crippen molar-refractivity contribution in [2.75, 3.05) is 13.2 Å². The molecule has 3 nitrogen and oxygen atoms in total. The predicted molar refractivity (Wildman–Crippen MR) is 89.6 cm³/mol. The summed E-state index contributed by atoms with van der Waals surface area (Å²) in [6.45, 7) is 0.524. The van der Waals surface area contributed by atoms with Gasteiger partial charge in [-0.05, 0) is 18.4 Å². The molecule has 0 radical (unpaired) electrons. The van der Waals surface area contributed by atoms with Crippen molar-refractivity contribution >= 4 is 5.78 Å². The third kappa shape index (κ3) is 3.52. The number of hydrogen-bond donors (Lipinski definition) is 1. The molecule has 0 aromatic heterocycles. The first kappa shape index (κ1) is 15.9. The average Bonchev–Trinajstić information content (AvgIpc) is 2.64. The summed E-state index contributed by atoms with van der Waals surface area (Å²) in [5, 5.41) is 9.89. The summed E-state index contributed by atoms with van der Waals surface area (Å²) in [6.07, 6.45) is 1.96. The van der Waals surface area contributed by atoms with E-state index in [9.17, 15) is 9.90 Å². The summed E-state index contributed by atoms with van der Waals surface area (Å²) in [5.74, 6) is 0.117. The second-order valence-electron chi connectivity index (χ2n) is 6.27. The molecule has 1 heterocycles. The summed E-state index contributed by atoms with van der Waals surface area (Å²) in [7, 11) is 0. The van der Waals surface area contributed by atoms with Gasteiger partial charge in [-0.3, -0.25) is 4.79 Å². The van der Waals surface area contributed by atoms with Crippen molar-refractivity contribution in [3.8, 4) is 0 Å². The summed E-state index contributed by atoms with van der Waals surface area (Å²) in [6, 6.07) is 19.4. The Labute approximate surface area is 136 Å². The maximum Gasteiger partial charge on any atom is 0.165 e. The normalized spacial score (nSPS) is 24.3. The smallest absolute Gasteiger partial charge is 0.165 e. The van der Waals surface area contributed by atoms with E-state index in [0.29, 0.717) is 13.0 Å². The summed E-state index contributed by atoms with van der Waals surface area (Å²) >= 11 is 0. The van der Waals surface area contributed by atoms with Crippen LogP contribution < -0.4 is 0 Å². The maximum absolute atomic E-state index is 12.3. The van der Waals surface area contributed by atoms with Gasteiger partial charge < -0.3 is 9.84 Å². The minimum absolute atomic E-state index is 0.0638. The molecule has 3 rings (SSSR count). The number of ether oxygens (including phenoxy) is 1. The van der Waals surface area contributed by atoms with Gasteiger partial charge in [0.1, 0.15) is 0 Å². The Balaban J connectivity index is 1.63. The van der Waals surface area contributed by atoms with Crippen LogP contribution in [0.5, 0.6) is 0 Å². The van der Waals surface area contributed by atoms with E-state index >= 15 is 0 Å². The molecular formula is C20H22O3. The lowest BCUT2D eigenvalue weighted by molar-refractivity contribution is -0.0470. The molecule has 0 aliphatic carbocycles. The van der Waals surface area contributed by atoms with Gasteiger partial charge in [-0.2, -0.15) is 0 Å². The minimum Gasteiger partial charge on any atom is -0.395 e. The third-order valence-electron chi connectivity index (χ3n) is 4.74. The SMILES string of the molecule is O=C(CC1CCC(CO)(c2ccccc2)CO1)c1ccccc1. The lowest BCUT2D eigenvalue weighted by atomic mass is 9.75. The molecule has 2 atom stereocenters. The van der Waals surface area contributed by atoms with E-state index in [0.717, 1.165) is 24.0 Å². The number of aliphatic hydroxyl groups is 1. The highest BCUT2D eigenvalue weighted by Crippen LogP contribution is 2.35. The number of rotatable bonds is 5. The Morgan fingerprint density at radius 3 is 2.30 bits per heavy atom. The summed E-state index contributed by atoms with van der Waals surface area (Å²) in [5.41, 5.74) is 1.50. The summed E-state index contributed by atoms with van der Waals surface area (Å²) in [4.78, 5) is 12.3. The van der Waals surface area contributed by atoms with Crippen molar-refractivity contribution in [1.82, 2.24) is 0 Å². The molecule has 1 aliphatic rings. The standard InChI is InChI=1S/C20H22O3/c21-14-20(17-9-5-2-6-10-17)12-11-18(23-15-20)13-19(22)16-7-3-1-4-8-16/h1-10,18,21H,11-15H2. The van der Waals surface area contributed by atoms with E-state index in [-0.39, 0.29) is 23.9 Å². The zero-order chi connectivity index (χ0) is 16.1. The fourth-order valence-electron chi connectivity index (χ4n) is 3.22. The van der Waals surface area contributed by atoms with E-state index in [1.807, 2.05) is 60.7 Å². The van der Waals surface area contributed by atoms with Crippen molar-refractivity contribution < 1.29 is 14.6 Å². The molecular weight excluding hydrogens is 288 g/mol. The molecule has 2 unspecified atom stereocenters. The lowest BCUT2D eigenvalue weighted by Gasteiger charge is -2.39. The molecule has 0 bridgehead atoms. The molecule has 0 spiro atoms. The Morgan fingerprint density at radius 1 is 1.09 bits per heavy atom. The average molecular weight is 310 g/mol. The first-order valence-corrected chi connectivity index (χ1v) is 8.10. The van der Waals surface area contributed by atoms with Crippen LogP contribution in [0.2, 0.25) is 0 Å². The lowest BCUT2D eigenvalue weighted by Crippen LogP contribution is -2.43. The first-order chi connectivity index (χ1) is 11.2. The highest BCUT2D eigenvalue weighted by molar-refractivity contribution is 5.96. The van der Waals surface area contributed by atoms with Gasteiger partial charge in [-0.25, -0.2) is 0 Å². The van der Waals surface area contributed by atoms with Crippen LogP contribution in [0.15, 0.2) is 60.7 Å². The van der Waals surface area contributed by atoms with Gasteiger partial charge in [0.15, 0.2) is 5.78 Å². The van der Waals surface area contributed by atoms with Gasteiger partial charge in [0.05, 0.1) is 19.3 Å². The first-order valence-electron chi connectivity index (χ1n) is 8.10. The van der Waals surface area contributed by atoms with E-state index in [4.69, 9.17) is 4.74 Å². The van der Waals surface area contributed by atoms with E-state index in [2.05, 4.69) is 0 Å². The van der Waals surface area contributed by atoms with Gasteiger partial charge in [0.25, 0.3) is 0 Å². The Bertz CT molecular complexity index is 628. The Morgan fingerprint density at radius 2 is 1.74 bits per heavy atom. The number of carbonyl (C=O) groups excluding carboxylic acids is 1. The number of Topliss-reactive ketones (excluding diaryl/α,β-unsaturated/α-hetero) is 1. The van der Waals surface area contributed by atoms with Crippen molar-refractivity contribution in [2.45, 2.75) is 30.8 Å². The Hall–Kier alpha value is -1.97. The molecule has 1 saturated heterocycles. The number of hydrogen-bond acceptors (Lipinski definition) is 3. The topological polar surface area (TPSA) is 46.5 Å². The van der Waals surface area contributed by atoms with E-state index in [1.165, 1.54) is 0 Å². The fourth-order valence-corrected chi connectivity index (χ4v) is 3.22. The van der Waals surface area contributed by atoms with Crippen molar-refractivity contribution in [2.24, 2.45) is 0 Å². The van der Waals surface area contributed by atoms with Crippen LogP contribution in [-0.4, -0.2) is 30.2 Å². The van der Waals surface area contributed by atoms with Crippen LogP contribution in [0.25, 0.3) is 0 Å². The maximum atomic E-state index is 12.3. The second kappa shape index (κ2) is 7.07. The molecule has 2 aromatic rings. The van der Waals surface area contributed by atoms with Crippen LogP contribution in [0.4, 0.5) is 0 Å². The van der Waals surface area contributed by atoms with Gasteiger partial charge in [0.2, 0.25) is 0 Å². The largest absolute Gasteiger partial charge is 0.395 e. The zero-order valence-corrected chi connectivity index (χ0v) is 13.2. The van der Waals surface area contributed by atoms with Crippen molar-refractivity contribution in [1.29, 1.82) is 0 Å². The van der Waals surface area contributed by atoms with Crippen molar-refractivity contribution in [3.05, 3.63) is 71.8 Å². The van der Waals surface area contributed by atoms with Gasteiger partial charge in [-0.15, -0.1) is 0 Å². The molecule has 1 aliphatic heterocycles. The zero-order valence-electron chi connectivity index (χ0n) is 13.2. The Kier molecular flexibility index (Phi) is 4.89. The number of benzene rings is 2. The van der Waals surface area contributed by atoms with Gasteiger partial charge >= 0.3 is 0 Å². The molecule has 0 saturated carbocycles. The highest BCUT2D eigenvalue weighted by atomic mass is 16.5. The molecule has 120 valence electrons. The predicted octanol–water partition coefficient (Wildman–Crippen LogP) is 3.37. The molecule has 3 heteroatoms. The monoisotopic (exact) mass is 310 g/mol. The van der Waals surface area contributed by atoms with Gasteiger partial charge in [0, 0.05) is 17.4 Å². The third-order valence-corrected chi connectivity index (χ3v) is 4.74. The van der Waals surface area contributed by atoms with E-state index < -0.39 is 0 Å². The molecule has 23 heavy (non-hydrogen) atoms. The molecule has 0 amide bonds. The van der Waals surface area contributed by atoms with Crippen LogP contribution >= 0.6 is 0 Å². The molecule has 1 fully saturated rings. The number of ketones is 1. The minimum atomic E-state index is -0.340. The van der Waals surface area contributed by atoms with Crippen LogP contribution in [0.3, 0.4) is 0 Å². The number of aliphatic hydroxyl groups excluding tert-OH is 1. The highest BCUT2D eigenvalue weighted by Gasteiger charge is 2.37. The fraction of sp³-hybridized carbons (Fsp3) is 0.350. The summed E-state index contributed by atoms with van der Waals surface area (Å²) < 4.78 is 5.95. The van der Waals surface area contributed by atoms with Crippen molar-refractivity contribution in [3.63, 3.8) is 0 Å². The quantitative estimate of drug-likeness (QED) is 0.861. The molecule has 1 N–H and O–H groups in total. The van der Waals surface area contributed by atoms with E-state index in [1.54, 1.807) is 0 Å². The second-order valence-corrected chi connectivity index (χ2v) is 6.27. The van der Waals surface area contributed by atoms with Crippen LogP contribution in [0.1, 0.15) is 35.2 Å². The van der Waals surface area contributed by atoms with Crippen LogP contribution in [0, 0.1) is 0 Å². The van der Waals surface area contributed by atoms with Crippen LogP contribution in [-0.2, 0) is 10.2 Å².